The highest BCUT2D eigenvalue weighted by Crippen LogP contribution is 2.40. The number of nitrogens with zero attached hydrogens (tertiary/aromatic N) is 2. The average Bonchev–Trinajstić information content (AvgIpc) is 3.72. The van der Waals surface area contributed by atoms with Crippen LogP contribution in [0.3, 0.4) is 0 Å². The monoisotopic (exact) mass is 585 g/mol. The van der Waals surface area contributed by atoms with Crippen LogP contribution in [0, 0.1) is 5.92 Å². The number of carbonyl (C=O) groups is 1. The van der Waals surface area contributed by atoms with E-state index < -0.39 is 5.54 Å². The van der Waals surface area contributed by atoms with Crippen molar-refractivity contribution in [2.24, 2.45) is 5.92 Å². The van der Waals surface area contributed by atoms with Gasteiger partial charge in [0.2, 0.25) is 0 Å². The van der Waals surface area contributed by atoms with Crippen molar-refractivity contribution in [1.29, 1.82) is 0 Å². The molecule has 2 heterocycles. The van der Waals surface area contributed by atoms with Gasteiger partial charge in [0.05, 0.1) is 23.1 Å². The van der Waals surface area contributed by atoms with Crippen molar-refractivity contribution in [2.45, 2.75) is 37.3 Å². The van der Waals surface area contributed by atoms with Crippen LogP contribution in [0.25, 0.3) is 0 Å². The van der Waals surface area contributed by atoms with Crippen molar-refractivity contribution in [3.8, 4) is 0 Å². The van der Waals surface area contributed by atoms with Gasteiger partial charge >= 0.3 is 0 Å². The number of amides is 1. The van der Waals surface area contributed by atoms with Gasteiger partial charge < -0.3 is 9.88 Å². The van der Waals surface area contributed by atoms with Gasteiger partial charge in [0, 0.05) is 23.9 Å². The van der Waals surface area contributed by atoms with Crippen molar-refractivity contribution in [3.05, 3.63) is 162 Å². The molecule has 2 atom stereocenters. The maximum absolute atomic E-state index is 12.7. The Morgan fingerprint density at radius 1 is 0.837 bits per heavy atom. The van der Waals surface area contributed by atoms with E-state index in [9.17, 15) is 4.79 Å². The van der Waals surface area contributed by atoms with E-state index in [0.717, 1.165) is 25.0 Å². The minimum atomic E-state index is -0.563. The van der Waals surface area contributed by atoms with Crippen LogP contribution in [0.15, 0.2) is 140 Å². The number of unbranched alkanes of at least 4 members (excludes halogenated alkanes) is 1. The zero-order valence-corrected chi connectivity index (χ0v) is 24.7. The Morgan fingerprint density at radius 2 is 1.44 bits per heavy atom. The van der Waals surface area contributed by atoms with Crippen molar-refractivity contribution in [3.63, 3.8) is 0 Å². The van der Waals surface area contributed by atoms with E-state index in [0.29, 0.717) is 17.0 Å². The van der Waals surface area contributed by atoms with Crippen LogP contribution in [0.4, 0.5) is 0 Å². The zero-order chi connectivity index (χ0) is 29.5. The number of carbonyl (C=O) groups excluding carboxylic acids is 1. The SMILES string of the molecule is O=C(NNC(=S)CCCCc1cn(C(c2ccccc2)(c2ccccc2)c2ccccc2)cn1)C1=CNC2C=CC=CC12. The Bertz CT molecular complexity index is 1550. The number of fused-ring (bicyclic) bond motifs is 1. The molecule has 0 saturated heterocycles. The van der Waals surface area contributed by atoms with Gasteiger partial charge in [0.15, 0.2) is 0 Å². The van der Waals surface area contributed by atoms with E-state index in [4.69, 9.17) is 17.2 Å². The summed E-state index contributed by atoms with van der Waals surface area (Å²) in [7, 11) is 0. The molecule has 1 aliphatic heterocycles. The number of hydrogen-bond donors (Lipinski definition) is 3. The molecule has 7 heteroatoms. The predicted molar refractivity (Wildman–Crippen MR) is 175 cm³/mol. The Hall–Kier alpha value is -4.75. The summed E-state index contributed by atoms with van der Waals surface area (Å²) in [6.07, 6.45) is 17.3. The molecular weight excluding hydrogens is 550 g/mol. The van der Waals surface area contributed by atoms with Gasteiger partial charge in [-0.15, -0.1) is 0 Å². The maximum atomic E-state index is 12.7. The lowest BCUT2D eigenvalue weighted by atomic mass is 9.77. The normalized spacial score (nSPS) is 17.1. The molecular formula is C36H35N5OS. The van der Waals surface area contributed by atoms with Crippen LogP contribution in [0.2, 0.25) is 0 Å². The van der Waals surface area contributed by atoms with E-state index in [-0.39, 0.29) is 17.9 Å². The molecule has 216 valence electrons. The minimum Gasteiger partial charge on any atom is -0.383 e. The number of benzene rings is 3. The predicted octanol–water partition coefficient (Wildman–Crippen LogP) is 5.98. The van der Waals surface area contributed by atoms with Crippen LogP contribution < -0.4 is 16.2 Å². The van der Waals surface area contributed by atoms with Crippen LogP contribution in [-0.4, -0.2) is 26.5 Å². The number of hydrogen-bond acceptors (Lipinski definition) is 4. The van der Waals surface area contributed by atoms with E-state index in [1.807, 2.05) is 24.6 Å². The molecule has 3 aromatic carbocycles. The topological polar surface area (TPSA) is 71.0 Å². The number of aryl methyl sites for hydroxylation is 1. The molecule has 3 N–H and O–H groups in total. The van der Waals surface area contributed by atoms with Crippen LogP contribution in [0.5, 0.6) is 0 Å². The Labute approximate surface area is 258 Å². The van der Waals surface area contributed by atoms with Gasteiger partial charge in [-0.05, 0) is 42.4 Å². The second-order valence-corrected chi connectivity index (χ2v) is 11.4. The van der Waals surface area contributed by atoms with Crippen molar-refractivity contribution >= 4 is 23.1 Å². The van der Waals surface area contributed by atoms with Crippen molar-refractivity contribution < 1.29 is 4.79 Å². The Balaban J connectivity index is 1.10. The molecule has 43 heavy (non-hydrogen) atoms. The molecule has 2 aliphatic rings. The molecule has 1 aliphatic carbocycles. The summed E-state index contributed by atoms with van der Waals surface area (Å²) in [6, 6.07) is 32.0. The summed E-state index contributed by atoms with van der Waals surface area (Å²) < 4.78 is 2.25. The van der Waals surface area contributed by atoms with Gasteiger partial charge in [-0.1, -0.05) is 128 Å². The average molecular weight is 586 g/mol. The van der Waals surface area contributed by atoms with E-state index >= 15 is 0 Å². The zero-order valence-electron chi connectivity index (χ0n) is 23.9. The molecule has 4 aromatic rings. The van der Waals surface area contributed by atoms with Gasteiger partial charge in [-0.2, -0.15) is 0 Å². The van der Waals surface area contributed by atoms with Crippen LogP contribution in [0.1, 0.15) is 41.6 Å². The number of rotatable bonds is 10. The van der Waals surface area contributed by atoms with Gasteiger partial charge in [-0.25, -0.2) is 4.98 Å². The minimum absolute atomic E-state index is 0.0459. The smallest absolute Gasteiger partial charge is 0.267 e. The number of allylic oxidation sites excluding steroid dienone is 2. The first-order valence-corrected chi connectivity index (χ1v) is 15.2. The summed E-state index contributed by atoms with van der Waals surface area (Å²) in [5.74, 6) is -0.115. The molecule has 0 radical (unpaired) electrons. The first-order valence-electron chi connectivity index (χ1n) is 14.8. The summed E-state index contributed by atoms with van der Waals surface area (Å²) in [5, 5.41) is 3.24. The first kappa shape index (κ1) is 28.4. The Morgan fingerprint density at radius 3 is 2.07 bits per heavy atom. The lowest BCUT2D eigenvalue weighted by molar-refractivity contribution is -0.118. The largest absolute Gasteiger partial charge is 0.383 e. The fourth-order valence-corrected chi connectivity index (χ4v) is 6.27. The molecule has 1 aromatic heterocycles. The van der Waals surface area contributed by atoms with E-state index in [2.05, 4.69) is 124 Å². The highest BCUT2D eigenvalue weighted by molar-refractivity contribution is 7.80. The fourth-order valence-electron chi connectivity index (χ4n) is 6.08. The third-order valence-corrected chi connectivity index (χ3v) is 8.49. The molecule has 2 unspecified atom stereocenters. The van der Waals surface area contributed by atoms with Gasteiger partial charge in [0.25, 0.3) is 5.91 Å². The maximum Gasteiger partial charge on any atom is 0.267 e. The van der Waals surface area contributed by atoms with Gasteiger partial charge in [0.1, 0.15) is 5.54 Å². The van der Waals surface area contributed by atoms with Crippen molar-refractivity contribution in [1.82, 2.24) is 25.7 Å². The summed E-state index contributed by atoms with van der Waals surface area (Å²) in [5.41, 5.74) is 10.4. The molecule has 0 bridgehead atoms. The first-order chi connectivity index (χ1) is 21.2. The fraction of sp³-hybridized carbons (Fsp3) is 0.194. The van der Waals surface area contributed by atoms with Crippen molar-refractivity contribution in [2.75, 3.05) is 0 Å². The highest BCUT2D eigenvalue weighted by Gasteiger charge is 2.38. The lowest BCUT2D eigenvalue weighted by Crippen LogP contribution is -2.42. The molecule has 1 amide bonds. The second-order valence-electron chi connectivity index (χ2n) is 10.9. The third-order valence-electron chi connectivity index (χ3n) is 8.19. The number of aromatic nitrogens is 2. The number of imidazole rings is 1. The number of thiocarbonyl (C=S) groups is 1. The lowest BCUT2D eigenvalue weighted by Gasteiger charge is -2.37. The third kappa shape index (κ3) is 5.94. The highest BCUT2D eigenvalue weighted by atomic mass is 32.1. The molecule has 0 spiro atoms. The quantitative estimate of drug-likeness (QED) is 0.0925. The van der Waals surface area contributed by atoms with E-state index in [1.54, 1.807) is 6.20 Å². The van der Waals surface area contributed by atoms with Gasteiger partial charge in [-0.3, -0.25) is 15.6 Å². The van der Waals surface area contributed by atoms with Crippen LogP contribution in [-0.2, 0) is 16.8 Å². The summed E-state index contributed by atoms with van der Waals surface area (Å²) >= 11 is 5.50. The number of nitrogens with one attached hydrogen (secondary N) is 3. The summed E-state index contributed by atoms with van der Waals surface area (Å²) in [6.45, 7) is 0. The second kappa shape index (κ2) is 13.0. The number of hydrazine groups is 1. The molecule has 6 nitrogen and oxygen atoms in total. The summed E-state index contributed by atoms with van der Waals surface area (Å²) in [4.78, 5) is 18.2. The Kier molecular flexibility index (Phi) is 8.61. The standard InChI is InChI=1S/C36H35N5OS/c42-35(32-24-37-33-22-12-11-21-31(32)33)40-39-34(43)23-13-10-20-30-25-41(26-38-30)36(27-14-4-1-5-15-27,28-16-6-2-7-17-28)29-18-8-3-9-19-29/h1-9,11-12,14-19,21-22,24-26,31,33,37H,10,13,20,23H2,(H,39,43)(H,40,42). The van der Waals surface area contributed by atoms with Crippen LogP contribution >= 0.6 is 12.2 Å². The van der Waals surface area contributed by atoms with E-state index in [1.165, 1.54) is 16.7 Å². The molecule has 6 rings (SSSR count). The molecule has 0 saturated carbocycles. The molecule has 0 fully saturated rings.